The van der Waals surface area contributed by atoms with Crippen molar-refractivity contribution in [3.8, 4) is 44.5 Å². The first kappa shape index (κ1) is 21.4. The predicted molar refractivity (Wildman–Crippen MR) is 158 cm³/mol. The number of nitrogens with one attached hydrogen (secondary N) is 1. The molecule has 0 radical (unpaired) electrons. The van der Waals surface area contributed by atoms with Crippen LogP contribution in [0, 0.1) is 0 Å². The van der Waals surface area contributed by atoms with Crippen molar-refractivity contribution < 1.29 is 0 Å². The van der Waals surface area contributed by atoms with E-state index in [1.807, 2.05) is 0 Å². The summed E-state index contributed by atoms with van der Waals surface area (Å²) in [6.07, 6.45) is 0. The largest absolute Gasteiger partial charge is 0.355 e. The Bertz CT molecular complexity index is 1790. The van der Waals surface area contributed by atoms with Gasteiger partial charge in [0.2, 0.25) is 0 Å². The average Bonchev–Trinajstić information content (AvgIpc) is 3.35. The number of fused-ring (bicyclic) bond motifs is 3. The molecule has 1 heteroatoms. The summed E-state index contributed by atoms with van der Waals surface area (Å²) >= 11 is 0. The highest BCUT2D eigenvalue weighted by atomic mass is 14.7. The maximum absolute atomic E-state index is 3.61. The number of hydrogen-bond donors (Lipinski definition) is 1. The third kappa shape index (κ3) is 4.01. The van der Waals surface area contributed by atoms with E-state index in [4.69, 9.17) is 0 Å². The lowest BCUT2D eigenvalue weighted by atomic mass is 9.93. The van der Waals surface area contributed by atoms with Gasteiger partial charge in [0.15, 0.2) is 0 Å². The second-order valence-corrected chi connectivity index (χ2v) is 9.54. The van der Waals surface area contributed by atoms with E-state index in [9.17, 15) is 0 Å². The minimum absolute atomic E-state index is 1.16. The van der Waals surface area contributed by atoms with Gasteiger partial charge in [-0.15, -0.1) is 0 Å². The molecule has 7 aromatic rings. The van der Waals surface area contributed by atoms with Crippen LogP contribution >= 0.6 is 0 Å². The van der Waals surface area contributed by atoms with Gasteiger partial charge in [-0.25, -0.2) is 0 Å². The summed E-state index contributed by atoms with van der Waals surface area (Å²) < 4.78 is 0. The van der Waals surface area contributed by atoms with E-state index in [-0.39, 0.29) is 0 Å². The lowest BCUT2D eigenvalue weighted by Gasteiger charge is -2.11. The maximum atomic E-state index is 3.61. The smallest absolute Gasteiger partial charge is 0.0465 e. The molecule has 0 bridgehead atoms. The van der Waals surface area contributed by atoms with Crippen LogP contribution in [0.5, 0.6) is 0 Å². The molecule has 0 aliphatic heterocycles. The van der Waals surface area contributed by atoms with Gasteiger partial charge in [0.25, 0.3) is 0 Å². The number of hydrogen-bond acceptors (Lipinski definition) is 0. The van der Waals surface area contributed by atoms with Gasteiger partial charge in [-0.1, -0.05) is 103 Å². The third-order valence-electron chi connectivity index (χ3n) is 7.19. The molecule has 0 saturated heterocycles. The molecule has 0 aliphatic rings. The van der Waals surface area contributed by atoms with Crippen molar-refractivity contribution in [1.82, 2.24) is 4.98 Å². The fourth-order valence-corrected chi connectivity index (χ4v) is 5.28. The normalized spacial score (nSPS) is 11.2. The zero-order chi connectivity index (χ0) is 24.6. The first-order valence-corrected chi connectivity index (χ1v) is 12.7. The minimum Gasteiger partial charge on any atom is -0.355 e. The van der Waals surface area contributed by atoms with Crippen molar-refractivity contribution in [2.75, 3.05) is 0 Å². The molecule has 1 heterocycles. The van der Waals surface area contributed by atoms with Gasteiger partial charge in [0, 0.05) is 21.8 Å². The molecule has 6 aromatic carbocycles. The summed E-state index contributed by atoms with van der Waals surface area (Å²) in [5.41, 5.74) is 12.1. The monoisotopic (exact) mass is 471 g/mol. The SMILES string of the molecule is c1ccc(-c2cc(-c3ccccc3)cc(-c3ccc4[nH]c5ccc(-c6ccccc6)cc5c4c3)c2)cc1. The fraction of sp³-hybridized carbons (Fsp3) is 0. The summed E-state index contributed by atoms with van der Waals surface area (Å²) in [4.78, 5) is 3.61. The molecule has 174 valence electrons. The Morgan fingerprint density at radius 2 is 0.622 bits per heavy atom. The fourth-order valence-electron chi connectivity index (χ4n) is 5.28. The molecule has 0 amide bonds. The molecule has 0 saturated carbocycles. The highest BCUT2D eigenvalue weighted by Gasteiger charge is 2.11. The molecule has 37 heavy (non-hydrogen) atoms. The molecule has 0 unspecified atom stereocenters. The van der Waals surface area contributed by atoms with E-state index in [2.05, 4.69) is 151 Å². The second kappa shape index (κ2) is 8.96. The molecule has 0 aliphatic carbocycles. The van der Waals surface area contributed by atoms with E-state index in [1.165, 1.54) is 55.3 Å². The maximum Gasteiger partial charge on any atom is 0.0465 e. The van der Waals surface area contributed by atoms with Gasteiger partial charge in [0.05, 0.1) is 0 Å². The van der Waals surface area contributed by atoms with Gasteiger partial charge in [-0.05, 0) is 87.0 Å². The third-order valence-corrected chi connectivity index (χ3v) is 7.19. The first-order valence-electron chi connectivity index (χ1n) is 12.7. The van der Waals surface area contributed by atoms with E-state index in [1.54, 1.807) is 0 Å². The average molecular weight is 472 g/mol. The number of aromatic nitrogens is 1. The Hall–Kier alpha value is -4.88. The van der Waals surface area contributed by atoms with Gasteiger partial charge in [-0.2, -0.15) is 0 Å². The predicted octanol–water partition coefficient (Wildman–Crippen LogP) is 9.99. The van der Waals surface area contributed by atoms with Crippen molar-refractivity contribution >= 4 is 21.8 Å². The molecular weight excluding hydrogens is 446 g/mol. The summed E-state index contributed by atoms with van der Waals surface area (Å²) in [5.74, 6) is 0. The zero-order valence-corrected chi connectivity index (χ0v) is 20.4. The highest BCUT2D eigenvalue weighted by molar-refractivity contribution is 6.09. The van der Waals surface area contributed by atoms with Gasteiger partial charge in [0.1, 0.15) is 0 Å². The van der Waals surface area contributed by atoms with Crippen LogP contribution in [-0.2, 0) is 0 Å². The molecular formula is C36H25N. The Morgan fingerprint density at radius 1 is 0.270 bits per heavy atom. The topological polar surface area (TPSA) is 15.8 Å². The lowest BCUT2D eigenvalue weighted by molar-refractivity contribution is 1.54. The van der Waals surface area contributed by atoms with E-state index in [0.717, 1.165) is 11.0 Å². The van der Waals surface area contributed by atoms with Crippen LogP contribution in [0.4, 0.5) is 0 Å². The summed E-state index contributed by atoms with van der Waals surface area (Å²) in [6.45, 7) is 0. The van der Waals surface area contributed by atoms with Gasteiger partial charge in [-0.3, -0.25) is 0 Å². The molecule has 1 aromatic heterocycles. The van der Waals surface area contributed by atoms with Crippen molar-refractivity contribution in [2.45, 2.75) is 0 Å². The van der Waals surface area contributed by atoms with E-state index < -0.39 is 0 Å². The van der Waals surface area contributed by atoms with Crippen LogP contribution in [0.3, 0.4) is 0 Å². The van der Waals surface area contributed by atoms with Crippen molar-refractivity contribution in [3.05, 3.63) is 146 Å². The van der Waals surface area contributed by atoms with Crippen molar-refractivity contribution in [3.63, 3.8) is 0 Å². The van der Waals surface area contributed by atoms with E-state index in [0.29, 0.717) is 0 Å². The summed E-state index contributed by atoms with van der Waals surface area (Å²) in [5, 5.41) is 2.50. The Labute approximate surface area is 216 Å². The van der Waals surface area contributed by atoms with Crippen LogP contribution in [0.1, 0.15) is 0 Å². The number of H-pyrrole nitrogens is 1. The summed E-state index contributed by atoms with van der Waals surface area (Å²) in [6, 6.07) is 52.3. The summed E-state index contributed by atoms with van der Waals surface area (Å²) in [7, 11) is 0. The van der Waals surface area contributed by atoms with E-state index >= 15 is 0 Å². The molecule has 0 spiro atoms. The Kier molecular flexibility index (Phi) is 5.19. The standard InChI is InChI=1S/C36H25N/c1-4-10-25(11-5-1)28-16-18-35-33(23-28)34-24-29(17-19-36(34)37-35)32-21-30(26-12-6-2-7-13-26)20-31(22-32)27-14-8-3-9-15-27/h1-24,37H. The van der Waals surface area contributed by atoms with Gasteiger partial charge >= 0.3 is 0 Å². The lowest BCUT2D eigenvalue weighted by Crippen LogP contribution is -1.86. The van der Waals surface area contributed by atoms with Crippen LogP contribution < -0.4 is 0 Å². The number of aromatic amines is 1. The van der Waals surface area contributed by atoms with Crippen LogP contribution in [0.2, 0.25) is 0 Å². The number of benzene rings is 6. The Balaban J connectivity index is 1.41. The minimum atomic E-state index is 1.16. The molecule has 0 atom stereocenters. The molecule has 1 N–H and O–H groups in total. The van der Waals surface area contributed by atoms with Gasteiger partial charge < -0.3 is 4.98 Å². The van der Waals surface area contributed by atoms with Crippen molar-refractivity contribution in [2.24, 2.45) is 0 Å². The molecule has 0 fully saturated rings. The Morgan fingerprint density at radius 3 is 1.05 bits per heavy atom. The van der Waals surface area contributed by atoms with Crippen LogP contribution in [0.15, 0.2) is 146 Å². The van der Waals surface area contributed by atoms with Crippen molar-refractivity contribution in [1.29, 1.82) is 0 Å². The first-order chi connectivity index (χ1) is 18.3. The van der Waals surface area contributed by atoms with Crippen LogP contribution in [-0.4, -0.2) is 4.98 Å². The van der Waals surface area contributed by atoms with Crippen LogP contribution in [0.25, 0.3) is 66.3 Å². The quantitative estimate of drug-likeness (QED) is 0.263. The zero-order valence-electron chi connectivity index (χ0n) is 20.4. The number of rotatable bonds is 4. The highest BCUT2D eigenvalue weighted by Crippen LogP contribution is 2.36. The second-order valence-electron chi connectivity index (χ2n) is 9.54. The molecule has 1 nitrogen and oxygen atoms in total. The molecule has 7 rings (SSSR count).